The number of ether oxygens (including phenoxy) is 2. The molecule has 21 heavy (non-hydrogen) atoms. The van der Waals surface area contributed by atoms with Gasteiger partial charge in [-0.15, -0.1) is 0 Å². The highest BCUT2D eigenvalue weighted by molar-refractivity contribution is 9.10. The Labute approximate surface area is 134 Å². The monoisotopic (exact) mass is 349 g/mol. The average molecular weight is 350 g/mol. The molecule has 0 amide bonds. The molecular formula is C17H20BrNO2. The summed E-state index contributed by atoms with van der Waals surface area (Å²) < 4.78 is 12.3. The van der Waals surface area contributed by atoms with E-state index in [0.717, 1.165) is 27.1 Å². The van der Waals surface area contributed by atoms with E-state index in [4.69, 9.17) is 15.2 Å². The maximum absolute atomic E-state index is 5.99. The van der Waals surface area contributed by atoms with Crippen molar-refractivity contribution in [3.63, 3.8) is 0 Å². The molecule has 2 aromatic carbocycles. The molecule has 0 spiro atoms. The Kier molecular flexibility index (Phi) is 5.26. The third-order valence-electron chi connectivity index (χ3n) is 3.29. The van der Waals surface area contributed by atoms with Crippen molar-refractivity contribution >= 4 is 15.9 Å². The third-order valence-corrected chi connectivity index (χ3v) is 3.78. The molecule has 1 atom stereocenters. The van der Waals surface area contributed by atoms with Crippen molar-refractivity contribution in [1.29, 1.82) is 0 Å². The van der Waals surface area contributed by atoms with Gasteiger partial charge in [-0.25, -0.2) is 0 Å². The van der Waals surface area contributed by atoms with Gasteiger partial charge in [-0.05, 0) is 38.1 Å². The van der Waals surface area contributed by atoms with Crippen LogP contribution >= 0.6 is 15.9 Å². The van der Waals surface area contributed by atoms with Crippen LogP contribution in [0, 0.1) is 6.92 Å². The first kappa shape index (κ1) is 15.9. The van der Waals surface area contributed by atoms with Gasteiger partial charge in [-0.1, -0.05) is 33.6 Å². The zero-order chi connectivity index (χ0) is 15.4. The lowest BCUT2D eigenvalue weighted by Gasteiger charge is -2.16. The van der Waals surface area contributed by atoms with Crippen molar-refractivity contribution in [2.75, 3.05) is 7.11 Å². The van der Waals surface area contributed by atoms with Crippen molar-refractivity contribution < 1.29 is 9.47 Å². The zero-order valence-corrected chi connectivity index (χ0v) is 14.1. The van der Waals surface area contributed by atoms with Crippen LogP contribution in [0.4, 0.5) is 0 Å². The van der Waals surface area contributed by atoms with Crippen LogP contribution in [-0.4, -0.2) is 7.11 Å². The Balaban J connectivity index is 2.24. The van der Waals surface area contributed by atoms with E-state index in [-0.39, 0.29) is 6.04 Å². The number of methoxy groups -OCH3 is 1. The summed E-state index contributed by atoms with van der Waals surface area (Å²) in [6, 6.07) is 11.9. The molecule has 2 rings (SSSR count). The lowest BCUT2D eigenvalue weighted by atomic mass is 10.1. The molecule has 0 heterocycles. The first-order valence-electron chi connectivity index (χ1n) is 6.82. The Hall–Kier alpha value is -1.52. The molecule has 0 unspecified atom stereocenters. The van der Waals surface area contributed by atoms with Crippen LogP contribution in [0.3, 0.4) is 0 Å². The van der Waals surface area contributed by atoms with Gasteiger partial charge in [-0.2, -0.15) is 0 Å². The van der Waals surface area contributed by atoms with E-state index in [9.17, 15) is 0 Å². The quantitative estimate of drug-likeness (QED) is 0.871. The number of nitrogens with two attached hydrogens (primary N) is 1. The minimum atomic E-state index is -0.0764. The molecule has 0 aliphatic rings. The summed E-state index contributed by atoms with van der Waals surface area (Å²) in [4.78, 5) is 0. The highest BCUT2D eigenvalue weighted by atomic mass is 79.9. The molecule has 0 saturated carbocycles. The number of hydrogen-bond donors (Lipinski definition) is 1. The minimum Gasteiger partial charge on any atom is -0.496 e. The van der Waals surface area contributed by atoms with E-state index < -0.39 is 0 Å². The Morgan fingerprint density at radius 1 is 1.14 bits per heavy atom. The van der Waals surface area contributed by atoms with Crippen LogP contribution in [0.15, 0.2) is 40.9 Å². The third kappa shape index (κ3) is 3.99. The second-order valence-corrected chi connectivity index (χ2v) is 5.99. The molecule has 0 bridgehead atoms. The van der Waals surface area contributed by atoms with Crippen molar-refractivity contribution in [2.45, 2.75) is 26.5 Å². The smallest absolute Gasteiger partial charge is 0.125 e. The van der Waals surface area contributed by atoms with Gasteiger partial charge in [-0.3, -0.25) is 0 Å². The van der Waals surface area contributed by atoms with Crippen LogP contribution in [0.2, 0.25) is 0 Å². The van der Waals surface area contributed by atoms with Gasteiger partial charge < -0.3 is 15.2 Å². The predicted octanol–water partition coefficient (Wildman–Crippen LogP) is 4.36. The molecule has 0 aliphatic heterocycles. The van der Waals surface area contributed by atoms with Crippen LogP contribution in [0.25, 0.3) is 0 Å². The van der Waals surface area contributed by atoms with E-state index in [1.807, 2.05) is 37.3 Å². The average Bonchev–Trinajstić information content (AvgIpc) is 2.45. The van der Waals surface area contributed by atoms with Crippen LogP contribution in [0.5, 0.6) is 11.5 Å². The molecule has 0 aromatic heterocycles. The number of aryl methyl sites for hydroxylation is 1. The fourth-order valence-corrected chi connectivity index (χ4v) is 2.53. The zero-order valence-electron chi connectivity index (χ0n) is 12.5. The molecule has 3 nitrogen and oxygen atoms in total. The minimum absolute atomic E-state index is 0.0764. The molecule has 0 radical (unpaired) electrons. The van der Waals surface area contributed by atoms with E-state index >= 15 is 0 Å². The molecule has 0 saturated heterocycles. The number of benzene rings is 2. The second-order valence-electron chi connectivity index (χ2n) is 5.07. The van der Waals surface area contributed by atoms with Gasteiger partial charge in [0.05, 0.1) is 7.11 Å². The first-order chi connectivity index (χ1) is 10.0. The summed E-state index contributed by atoms with van der Waals surface area (Å²) in [5.41, 5.74) is 9.18. The van der Waals surface area contributed by atoms with Gasteiger partial charge in [0.25, 0.3) is 0 Å². The molecule has 0 aliphatic carbocycles. The summed E-state index contributed by atoms with van der Waals surface area (Å²) in [5.74, 6) is 1.63. The molecule has 2 N–H and O–H groups in total. The summed E-state index contributed by atoms with van der Waals surface area (Å²) in [6.45, 7) is 4.44. The van der Waals surface area contributed by atoms with Crippen molar-refractivity contribution in [2.24, 2.45) is 5.73 Å². The molecule has 2 aromatic rings. The lowest BCUT2D eigenvalue weighted by molar-refractivity contribution is 0.292. The van der Waals surface area contributed by atoms with Crippen LogP contribution in [-0.2, 0) is 6.61 Å². The standard InChI is InChI=1S/C17H20BrNO2/c1-11-4-7-16(20-3)13(8-11)10-21-17-9-14(18)5-6-15(17)12(2)19/h4-9,12H,10,19H2,1-3H3/t12-/m0/s1. The van der Waals surface area contributed by atoms with Crippen LogP contribution in [0.1, 0.15) is 29.7 Å². The second kappa shape index (κ2) is 6.96. The van der Waals surface area contributed by atoms with Crippen molar-refractivity contribution in [3.05, 3.63) is 57.6 Å². The predicted molar refractivity (Wildman–Crippen MR) is 88.8 cm³/mol. The van der Waals surface area contributed by atoms with Gasteiger partial charge in [0.1, 0.15) is 18.1 Å². The van der Waals surface area contributed by atoms with E-state index in [0.29, 0.717) is 6.61 Å². The Morgan fingerprint density at radius 3 is 2.57 bits per heavy atom. The van der Waals surface area contributed by atoms with Gasteiger partial charge in [0.15, 0.2) is 0 Å². The highest BCUT2D eigenvalue weighted by Crippen LogP contribution is 2.29. The van der Waals surface area contributed by atoms with Crippen molar-refractivity contribution in [1.82, 2.24) is 0 Å². The molecular weight excluding hydrogens is 330 g/mol. The maximum atomic E-state index is 5.99. The highest BCUT2D eigenvalue weighted by Gasteiger charge is 2.10. The van der Waals surface area contributed by atoms with Gasteiger partial charge >= 0.3 is 0 Å². The Bertz CT molecular complexity index is 626. The number of hydrogen-bond acceptors (Lipinski definition) is 3. The van der Waals surface area contributed by atoms with Gasteiger partial charge in [0, 0.05) is 21.6 Å². The largest absolute Gasteiger partial charge is 0.496 e. The van der Waals surface area contributed by atoms with Crippen molar-refractivity contribution in [3.8, 4) is 11.5 Å². The number of halogens is 1. The summed E-state index contributed by atoms with van der Waals surface area (Å²) >= 11 is 3.47. The van der Waals surface area contributed by atoms with E-state index in [1.165, 1.54) is 5.56 Å². The molecule has 4 heteroatoms. The topological polar surface area (TPSA) is 44.5 Å². The maximum Gasteiger partial charge on any atom is 0.125 e. The Morgan fingerprint density at radius 2 is 1.90 bits per heavy atom. The number of rotatable bonds is 5. The van der Waals surface area contributed by atoms with E-state index in [2.05, 4.69) is 28.9 Å². The van der Waals surface area contributed by atoms with E-state index in [1.54, 1.807) is 7.11 Å². The SMILES string of the molecule is COc1ccc(C)cc1COc1cc(Br)ccc1[C@H](C)N. The fraction of sp³-hybridized carbons (Fsp3) is 0.294. The summed E-state index contributed by atoms with van der Waals surface area (Å²) in [6.07, 6.45) is 0. The molecule has 112 valence electrons. The normalized spacial score (nSPS) is 12.0. The fourth-order valence-electron chi connectivity index (χ4n) is 2.19. The van der Waals surface area contributed by atoms with Crippen LogP contribution < -0.4 is 15.2 Å². The van der Waals surface area contributed by atoms with Gasteiger partial charge in [0.2, 0.25) is 0 Å². The summed E-state index contributed by atoms with van der Waals surface area (Å²) in [5, 5.41) is 0. The summed E-state index contributed by atoms with van der Waals surface area (Å²) in [7, 11) is 1.67. The lowest BCUT2D eigenvalue weighted by Crippen LogP contribution is -2.08. The molecule has 0 fully saturated rings. The first-order valence-corrected chi connectivity index (χ1v) is 7.62.